The lowest BCUT2D eigenvalue weighted by atomic mass is 9.89. The first-order chi connectivity index (χ1) is 26.6. The van der Waals surface area contributed by atoms with Crippen molar-refractivity contribution in [2.75, 3.05) is 55.4 Å². The summed E-state index contributed by atoms with van der Waals surface area (Å²) in [5, 5.41) is 15.8. The SMILES string of the molecule is CCN1CCN(c2ccc(C(=O)N3CCC(c4ccc(Oc5ccc(C(F)(F)F)cn5)cc4)CC3)cc2NS(=O)(=O)Cc2ccccc2)CC1.C[C@H](O)C(=O)O. The Morgan fingerprint density at radius 2 is 1.57 bits per heavy atom. The van der Waals surface area contributed by atoms with Crippen molar-refractivity contribution in [3.63, 3.8) is 0 Å². The largest absolute Gasteiger partial charge is 0.479 e. The van der Waals surface area contributed by atoms with Gasteiger partial charge in [-0.2, -0.15) is 13.2 Å². The molecule has 0 unspecified atom stereocenters. The summed E-state index contributed by atoms with van der Waals surface area (Å²) in [6.07, 6.45) is -3.47. The number of carbonyl (C=O) groups excluding carboxylic acids is 1. The number of carboxylic acids is 1. The zero-order chi connectivity index (χ0) is 40.5. The van der Waals surface area contributed by atoms with Crippen molar-refractivity contribution in [2.45, 2.75) is 50.6 Å². The van der Waals surface area contributed by atoms with Gasteiger partial charge in [-0.05, 0) is 79.8 Å². The highest BCUT2D eigenvalue weighted by Crippen LogP contribution is 2.34. The van der Waals surface area contributed by atoms with Crippen LogP contribution in [0.5, 0.6) is 11.6 Å². The van der Waals surface area contributed by atoms with Crippen LogP contribution in [-0.2, 0) is 26.7 Å². The predicted molar refractivity (Wildman–Crippen MR) is 206 cm³/mol. The van der Waals surface area contributed by atoms with Crippen molar-refractivity contribution >= 4 is 33.3 Å². The number of hydrogen-bond donors (Lipinski definition) is 3. The minimum absolute atomic E-state index is 0.0665. The molecule has 56 heavy (non-hydrogen) atoms. The number of nitrogens with zero attached hydrogens (tertiary/aromatic N) is 4. The smallest absolute Gasteiger partial charge is 0.417 e. The Kier molecular flexibility index (Phi) is 14.0. The fraction of sp³-hybridized carbons (Fsp3) is 0.375. The number of carboxylic acid groups (broad SMARTS) is 1. The number of nitrogens with one attached hydrogen (secondary N) is 1. The Morgan fingerprint density at radius 1 is 0.929 bits per heavy atom. The highest BCUT2D eigenvalue weighted by Gasteiger charge is 2.31. The van der Waals surface area contributed by atoms with Gasteiger partial charge in [-0.3, -0.25) is 9.52 Å². The summed E-state index contributed by atoms with van der Waals surface area (Å²) in [6, 6.07) is 23.8. The molecule has 4 aromatic rings. The van der Waals surface area contributed by atoms with E-state index in [1.807, 2.05) is 29.2 Å². The van der Waals surface area contributed by atoms with Gasteiger partial charge in [0, 0.05) is 57.1 Å². The number of likely N-dealkylation sites (N-methyl/N-ethyl adjacent to an activating group) is 1. The number of likely N-dealkylation sites (tertiary alicyclic amines) is 1. The van der Waals surface area contributed by atoms with Gasteiger partial charge >= 0.3 is 12.1 Å². The number of piperidine rings is 1. The third-order valence-electron chi connectivity index (χ3n) is 9.65. The fourth-order valence-electron chi connectivity index (χ4n) is 6.46. The minimum atomic E-state index is -4.46. The number of amides is 1. The molecular formula is C40H46F3N5O7S. The van der Waals surface area contributed by atoms with E-state index in [1.54, 1.807) is 48.5 Å². The maximum Gasteiger partial charge on any atom is 0.417 e. The molecule has 1 amide bonds. The van der Waals surface area contributed by atoms with E-state index < -0.39 is 33.8 Å². The molecule has 0 aliphatic carbocycles. The molecule has 12 nitrogen and oxygen atoms in total. The number of pyridine rings is 1. The number of ether oxygens (including phenoxy) is 1. The number of hydrogen-bond acceptors (Lipinski definition) is 9. The van der Waals surface area contributed by atoms with Crippen LogP contribution in [0.3, 0.4) is 0 Å². The van der Waals surface area contributed by atoms with E-state index in [4.69, 9.17) is 14.9 Å². The second kappa shape index (κ2) is 18.6. The van der Waals surface area contributed by atoms with E-state index in [9.17, 15) is 31.2 Å². The lowest BCUT2D eigenvalue weighted by Crippen LogP contribution is -2.46. The molecule has 2 aliphatic heterocycles. The number of alkyl halides is 3. The van der Waals surface area contributed by atoms with Crippen LogP contribution in [0.4, 0.5) is 24.5 Å². The van der Waals surface area contributed by atoms with Crippen LogP contribution >= 0.6 is 0 Å². The van der Waals surface area contributed by atoms with Gasteiger partial charge in [0.15, 0.2) is 0 Å². The summed E-state index contributed by atoms with van der Waals surface area (Å²) >= 11 is 0. The van der Waals surface area contributed by atoms with E-state index in [0.717, 1.165) is 69.1 Å². The number of halogens is 3. The number of rotatable bonds is 11. The monoisotopic (exact) mass is 797 g/mol. The van der Waals surface area contributed by atoms with Gasteiger partial charge in [-0.25, -0.2) is 18.2 Å². The van der Waals surface area contributed by atoms with Crippen LogP contribution in [0.15, 0.2) is 91.1 Å². The zero-order valence-corrected chi connectivity index (χ0v) is 32.0. The Labute approximate surface area is 324 Å². The zero-order valence-electron chi connectivity index (χ0n) is 31.2. The van der Waals surface area contributed by atoms with Crippen LogP contribution in [0.25, 0.3) is 0 Å². The predicted octanol–water partition coefficient (Wildman–Crippen LogP) is 6.45. The quantitative estimate of drug-likeness (QED) is 0.155. The molecule has 1 aromatic heterocycles. The number of aromatic nitrogens is 1. The third kappa shape index (κ3) is 11.7. The number of piperazine rings is 1. The number of anilines is 2. The average Bonchev–Trinajstić information content (AvgIpc) is 3.18. The Bertz CT molecular complexity index is 2020. The highest BCUT2D eigenvalue weighted by molar-refractivity contribution is 7.91. The molecule has 0 spiro atoms. The van der Waals surface area contributed by atoms with Gasteiger partial charge in [0.05, 0.1) is 22.7 Å². The number of carbonyl (C=O) groups is 2. The molecule has 300 valence electrons. The van der Waals surface area contributed by atoms with Crippen LogP contribution < -0.4 is 14.4 Å². The van der Waals surface area contributed by atoms with Crippen molar-refractivity contribution < 1.29 is 46.1 Å². The second-order valence-electron chi connectivity index (χ2n) is 13.6. The molecule has 2 saturated heterocycles. The molecule has 16 heteroatoms. The minimum Gasteiger partial charge on any atom is -0.479 e. The van der Waals surface area contributed by atoms with Crippen LogP contribution in [0.2, 0.25) is 0 Å². The van der Waals surface area contributed by atoms with Gasteiger partial charge in [-0.1, -0.05) is 49.4 Å². The van der Waals surface area contributed by atoms with Crippen molar-refractivity contribution in [3.8, 4) is 11.6 Å². The first-order valence-electron chi connectivity index (χ1n) is 18.3. The number of benzene rings is 3. The third-order valence-corrected chi connectivity index (χ3v) is 10.9. The molecule has 2 aliphatic rings. The van der Waals surface area contributed by atoms with E-state index in [0.29, 0.717) is 35.7 Å². The standard InChI is InChI=1S/C37H40F3N5O4S.C3H6O3/c1-2-43-20-22-44(23-21-43)34-14-10-30(24-33(34)42-50(47,48)26-27-6-4-3-5-7-27)36(46)45-18-16-29(17-19-45)28-8-12-32(13-9-28)49-35-15-11-31(25-41-35)37(38,39)40;1-2(4)3(5)6/h3-15,24-25,29,42H,2,16-23,26H2,1H3;2,4H,1H3,(H,5,6)/t;2-/m.0/s1. The number of sulfonamides is 1. The Balaban J connectivity index is 0.000000927. The fourth-order valence-corrected chi connectivity index (χ4v) is 7.67. The molecule has 0 bridgehead atoms. The summed E-state index contributed by atoms with van der Waals surface area (Å²) in [6.45, 7) is 8.59. The van der Waals surface area contributed by atoms with Crippen LogP contribution in [0.1, 0.15) is 59.7 Å². The van der Waals surface area contributed by atoms with Gasteiger partial charge < -0.3 is 29.6 Å². The molecule has 0 radical (unpaired) electrons. The van der Waals surface area contributed by atoms with E-state index in [-0.39, 0.29) is 23.5 Å². The van der Waals surface area contributed by atoms with Crippen molar-refractivity contribution in [1.82, 2.24) is 14.8 Å². The summed E-state index contributed by atoms with van der Waals surface area (Å²) < 4.78 is 73.6. The van der Waals surface area contributed by atoms with Gasteiger partial charge in [-0.15, -0.1) is 0 Å². The number of aliphatic hydroxyl groups excluding tert-OH is 1. The van der Waals surface area contributed by atoms with Gasteiger partial charge in [0.2, 0.25) is 15.9 Å². The van der Waals surface area contributed by atoms with Crippen molar-refractivity contribution in [2.24, 2.45) is 0 Å². The molecule has 3 aromatic carbocycles. The van der Waals surface area contributed by atoms with Crippen LogP contribution in [0, 0.1) is 0 Å². The maximum absolute atomic E-state index is 13.8. The lowest BCUT2D eigenvalue weighted by molar-refractivity contribution is -0.145. The molecule has 6 rings (SSSR count). The summed E-state index contributed by atoms with van der Waals surface area (Å²) in [4.78, 5) is 33.3. The summed E-state index contributed by atoms with van der Waals surface area (Å²) in [7, 11) is -3.76. The lowest BCUT2D eigenvalue weighted by Gasteiger charge is -2.36. The Morgan fingerprint density at radius 3 is 2.12 bits per heavy atom. The van der Waals surface area contributed by atoms with E-state index in [2.05, 4.69) is 26.4 Å². The highest BCUT2D eigenvalue weighted by atomic mass is 32.2. The summed E-state index contributed by atoms with van der Waals surface area (Å²) in [5.41, 5.74) is 2.50. The molecule has 3 heterocycles. The Hall–Kier alpha value is -5.19. The maximum atomic E-state index is 13.8. The van der Waals surface area contributed by atoms with Crippen molar-refractivity contribution in [3.05, 3.63) is 113 Å². The van der Waals surface area contributed by atoms with Gasteiger partial charge in [0.25, 0.3) is 5.91 Å². The topological polar surface area (TPSA) is 153 Å². The molecule has 0 saturated carbocycles. The molecule has 3 N–H and O–H groups in total. The average molecular weight is 798 g/mol. The molecular weight excluding hydrogens is 752 g/mol. The van der Waals surface area contributed by atoms with E-state index >= 15 is 0 Å². The van der Waals surface area contributed by atoms with Crippen LogP contribution in [-0.4, -0.2) is 97.2 Å². The van der Waals surface area contributed by atoms with Crippen molar-refractivity contribution in [1.29, 1.82) is 0 Å². The summed E-state index contributed by atoms with van der Waals surface area (Å²) in [5.74, 6) is -0.781. The molecule has 2 fully saturated rings. The molecule has 1 atom stereocenters. The number of aliphatic hydroxyl groups is 1. The number of aliphatic carboxylic acids is 1. The van der Waals surface area contributed by atoms with E-state index in [1.165, 1.54) is 13.0 Å². The normalized spacial score (nSPS) is 16.0. The second-order valence-corrected chi connectivity index (χ2v) is 15.4. The first kappa shape index (κ1) is 42.0. The van der Waals surface area contributed by atoms with Gasteiger partial charge in [0.1, 0.15) is 11.9 Å². The first-order valence-corrected chi connectivity index (χ1v) is 19.9.